The molecule has 0 atom stereocenters. The molecule has 0 aromatic heterocycles. The molecule has 2 aromatic rings. The van der Waals surface area contributed by atoms with Gasteiger partial charge >= 0.3 is 0 Å². The largest absolute Gasteiger partial charge is 0.508 e. The van der Waals surface area contributed by atoms with Crippen LogP contribution >= 0.6 is 0 Å². The molecule has 2 aromatic carbocycles. The Kier molecular flexibility index (Phi) is 3.83. The highest BCUT2D eigenvalue weighted by molar-refractivity contribution is 7.92. The molecule has 0 fully saturated rings. The summed E-state index contributed by atoms with van der Waals surface area (Å²) in [7, 11) is -3.61. The van der Waals surface area contributed by atoms with Gasteiger partial charge in [-0.15, -0.1) is 0 Å². The van der Waals surface area contributed by atoms with Gasteiger partial charge in [0, 0.05) is 0 Å². The molecule has 0 aliphatic heterocycles. The van der Waals surface area contributed by atoms with Crippen LogP contribution in [0.3, 0.4) is 0 Å². The fourth-order valence-corrected chi connectivity index (χ4v) is 3.96. The van der Waals surface area contributed by atoms with Crippen molar-refractivity contribution in [1.29, 1.82) is 0 Å². The van der Waals surface area contributed by atoms with Crippen molar-refractivity contribution in [2.45, 2.75) is 37.5 Å². The molecule has 0 amide bonds. The molecule has 22 heavy (non-hydrogen) atoms. The van der Waals surface area contributed by atoms with Gasteiger partial charge in [0.2, 0.25) is 0 Å². The number of aromatic hydroxyl groups is 1. The number of sulfonamides is 1. The summed E-state index contributed by atoms with van der Waals surface area (Å²) >= 11 is 0. The summed E-state index contributed by atoms with van der Waals surface area (Å²) in [5, 5.41) is 9.95. The average molecular weight is 317 g/mol. The third-order valence-electron chi connectivity index (χ3n) is 4.09. The van der Waals surface area contributed by atoms with Crippen LogP contribution in [0.15, 0.2) is 41.3 Å². The summed E-state index contributed by atoms with van der Waals surface area (Å²) in [6.45, 7) is 1.92. The van der Waals surface area contributed by atoms with E-state index in [0.29, 0.717) is 5.69 Å². The zero-order chi connectivity index (χ0) is 15.7. The van der Waals surface area contributed by atoms with E-state index < -0.39 is 10.0 Å². The van der Waals surface area contributed by atoms with E-state index >= 15 is 0 Å². The van der Waals surface area contributed by atoms with Crippen LogP contribution in [0, 0.1) is 6.92 Å². The number of hydrogen-bond acceptors (Lipinski definition) is 3. The first-order valence-corrected chi connectivity index (χ1v) is 8.89. The molecule has 0 radical (unpaired) electrons. The number of phenolic OH excluding ortho intramolecular Hbond substituents is 1. The first-order chi connectivity index (χ1) is 10.5. The Morgan fingerprint density at radius 1 is 0.955 bits per heavy atom. The third-order valence-corrected chi connectivity index (χ3v) is 5.47. The molecule has 1 aliphatic carbocycles. The molecule has 3 rings (SSSR count). The molecule has 0 heterocycles. The maximum absolute atomic E-state index is 12.5. The van der Waals surface area contributed by atoms with Crippen molar-refractivity contribution in [1.82, 2.24) is 0 Å². The second-order valence-corrected chi connectivity index (χ2v) is 7.40. The maximum Gasteiger partial charge on any atom is 0.261 e. The SMILES string of the molecule is Cc1ccc(S(=O)(=O)Nc2ccc(O)c3c2CCCC3)cc1. The topological polar surface area (TPSA) is 66.4 Å². The monoisotopic (exact) mass is 317 g/mol. The van der Waals surface area contributed by atoms with Crippen LogP contribution in [-0.2, 0) is 22.9 Å². The molecule has 0 spiro atoms. The summed E-state index contributed by atoms with van der Waals surface area (Å²) in [4.78, 5) is 0.246. The number of rotatable bonds is 3. The summed E-state index contributed by atoms with van der Waals surface area (Å²) in [5.41, 5.74) is 3.38. The normalized spacial score (nSPS) is 14.4. The van der Waals surface area contributed by atoms with Crippen LogP contribution in [0.5, 0.6) is 5.75 Å². The van der Waals surface area contributed by atoms with Crippen molar-refractivity contribution in [3.8, 4) is 5.75 Å². The molecule has 5 heteroatoms. The van der Waals surface area contributed by atoms with E-state index in [4.69, 9.17) is 0 Å². The molecular weight excluding hydrogens is 298 g/mol. The Morgan fingerprint density at radius 2 is 1.59 bits per heavy atom. The van der Waals surface area contributed by atoms with Crippen LogP contribution in [0.2, 0.25) is 0 Å². The number of phenols is 1. The molecule has 0 saturated carbocycles. The van der Waals surface area contributed by atoms with Crippen molar-refractivity contribution < 1.29 is 13.5 Å². The lowest BCUT2D eigenvalue weighted by atomic mass is 9.90. The van der Waals surface area contributed by atoms with Crippen LogP contribution in [0.1, 0.15) is 29.5 Å². The van der Waals surface area contributed by atoms with E-state index in [9.17, 15) is 13.5 Å². The zero-order valence-corrected chi connectivity index (χ0v) is 13.3. The Labute approximate surface area is 130 Å². The minimum Gasteiger partial charge on any atom is -0.508 e. The number of anilines is 1. The van der Waals surface area contributed by atoms with Crippen molar-refractivity contribution in [3.63, 3.8) is 0 Å². The van der Waals surface area contributed by atoms with Crippen LogP contribution in [0.25, 0.3) is 0 Å². The van der Waals surface area contributed by atoms with E-state index in [0.717, 1.165) is 42.4 Å². The maximum atomic E-state index is 12.5. The number of hydrogen-bond donors (Lipinski definition) is 2. The van der Waals surface area contributed by atoms with E-state index in [1.165, 1.54) is 0 Å². The summed E-state index contributed by atoms with van der Waals surface area (Å²) in [6.07, 6.45) is 3.61. The number of aryl methyl sites for hydroxylation is 1. The second kappa shape index (κ2) is 5.65. The lowest BCUT2D eigenvalue weighted by molar-refractivity contribution is 0.462. The molecular formula is C17H19NO3S. The number of benzene rings is 2. The van der Waals surface area contributed by atoms with Gasteiger partial charge in [0.15, 0.2) is 0 Å². The van der Waals surface area contributed by atoms with Crippen LogP contribution in [0.4, 0.5) is 5.69 Å². The molecule has 2 N–H and O–H groups in total. The average Bonchev–Trinajstić information content (AvgIpc) is 2.51. The molecule has 4 nitrogen and oxygen atoms in total. The molecule has 0 saturated heterocycles. The lowest BCUT2D eigenvalue weighted by Crippen LogP contribution is -2.16. The van der Waals surface area contributed by atoms with Gasteiger partial charge in [0.05, 0.1) is 10.6 Å². The molecule has 1 aliphatic rings. The molecule has 116 valence electrons. The van der Waals surface area contributed by atoms with Gasteiger partial charge in [-0.2, -0.15) is 0 Å². The van der Waals surface area contributed by atoms with Gasteiger partial charge in [-0.25, -0.2) is 8.42 Å². The van der Waals surface area contributed by atoms with Crippen molar-refractivity contribution in [3.05, 3.63) is 53.1 Å². The fourth-order valence-electron chi connectivity index (χ4n) is 2.87. The molecule has 0 unspecified atom stereocenters. The summed E-state index contributed by atoms with van der Waals surface area (Å²) < 4.78 is 27.7. The Morgan fingerprint density at radius 3 is 2.27 bits per heavy atom. The minimum absolute atomic E-state index is 0.246. The lowest BCUT2D eigenvalue weighted by Gasteiger charge is -2.21. The quantitative estimate of drug-likeness (QED) is 0.853. The van der Waals surface area contributed by atoms with Crippen molar-refractivity contribution >= 4 is 15.7 Å². The highest BCUT2D eigenvalue weighted by Gasteiger charge is 2.21. The third kappa shape index (κ3) is 2.81. The van der Waals surface area contributed by atoms with Crippen LogP contribution < -0.4 is 4.72 Å². The Balaban J connectivity index is 1.98. The van der Waals surface area contributed by atoms with E-state index in [-0.39, 0.29) is 10.6 Å². The fraction of sp³-hybridized carbons (Fsp3) is 0.294. The standard InChI is InChI=1S/C17H19NO3S/c1-12-6-8-13(9-7-12)22(20,21)18-16-10-11-17(19)15-5-3-2-4-14(15)16/h6-11,18-19H,2-5H2,1H3. The van der Waals surface area contributed by atoms with Crippen molar-refractivity contribution in [2.75, 3.05) is 4.72 Å². The first kappa shape index (κ1) is 14.9. The van der Waals surface area contributed by atoms with Crippen LogP contribution in [-0.4, -0.2) is 13.5 Å². The van der Waals surface area contributed by atoms with Crippen molar-refractivity contribution in [2.24, 2.45) is 0 Å². The highest BCUT2D eigenvalue weighted by atomic mass is 32.2. The van der Waals surface area contributed by atoms with Gasteiger partial charge in [-0.05, 0) is 68.0 Å². The first-order valence-electron chi connectivity index (χ1n) is 7.40. The zero-order valence-electron chi connectivity index (χ0n) is 12.5. The summed E-state index contributed by atoms with van der Waals surface area (Å²) in [5.74, 6) is 0.257. The smallest absolute Gasteiger partial charge is 0.261 e. The predicted octanol–water partition coefficient (Wildman–Crippen LogP) is 3.38. The van der Waals surface area contributed by atoms with Gasteiger partial charge in [-0.3, -0.25) is 4.72 Å². The Bertz CT molecular complexity index is 795. The van der Waals surface area contributed by atoms with Gasteiger partial charge in [-0.1, -0.05) is 17.7 Å². The molecule has 0 bridgehead atoms. The number of nitrogens with one attached hydrogen (secondary N) is 1. The van der Waals surface area contributed by atoms with Gasteiger partial charge in [0.1, 0.15) is 5.75 Å². The Hall–Kier alpha value is -2.01. The number of fused-ring (bicyclic) bond motifs is 1. The minimum atomic E-state index is -3.61. The van der Waals surface area contributed by atoms with E-state index in [1.54, 1.807) is 36.4 Å². The van der Waals surface area contributed by atoms with E-state index in [1.807, 2.05) is 6.92 Å². The second-order valence-electron chi connectivity index (χ2n) is 5.72. The van der Waals surface area contributed by atoms with E-state index in [2.05, 4.69) is 4.72 Å². The highest BCUT2D eigenvalue weighted by Crippen LogP contribution is 2.35. The predicted molar refractivity (Wildman–Crippen MR) is 86.7 cm³/mol. The van der Waals surface area contributed by atoms with Gasteiger partial charge < -0.3 is 5.11 Å². The van der Waals surface area contributed by atoms with Gasteiger partial charge in [0.25, 0.3) is 10.0 Å². The summed E-state index contributed by atoms with van der Waals surface area (Å²) in [6, 6.07) is 9.97.